The van der Waals surface area contributed by atoms with E-state index < -0.39 is 6.36 Å². The molecule has 0 aliphatic rings. The number of nitrogens with one attached hydrogen (secondary N) is 3. The Morgan fingerprint density at radius 2 is 1.89 bits per heavy atom. The van der Waals surface area contributed by atoms with Crippen molar-refractivity contribution in [2.24, 2.45) is 0 Å². The number of ether oxygens (including phenoxy) is 1. The van der Waals surface area contributed by atoms with Crippen molar-refractivity contribution in [2.75, 3.05) is 11.9 Å². The molecular weight excluding hydrogens is 475 g/mol. The molecule has 0 radical (unpaired) electrons. The second kappa shape index (κ2) is 10.4. The van der Waals surface area contributed by atoms with Crippen LogP contribution in [0.25, 0.3) is 11.3 Å². The van der Waals surface area contributed by atoms with Crippen LogP contribution in [0.5, 0.6) is 11.5 Å². The van der Waals surface area contributed by atoms with Gasteiger partial charge in [-0.25, -0.2) is 9.97 Å². The Morgan fingerprint density at radius 3 is 2.61 bits per heavy atom. The summed E-state index contributed by atoms with van der Waals surface area (Å²) >= 11 is 0. The first-order valence-electron chi connectivity index (χ1n) is 10.9. The quantitative estimate of drug-likeness (QED) is 0.270. The molecule has 4 rings (SSSR count). The van der Waals surface area contributed by atoms with Crippen LogP contribution in [-0.2, 0) is 6.42 Å². The number of carbonyl (C=O) groups is 1. The van der Waals surface area contributed by atoms with Gasteiger partial charge in [0.2, 0.25) is 5.95 Å². The SMILES string of the molecule is Cc1cnc(Nc2ccc(OC(F)(F)F)cc2)nc1-c1c[nH]c(C(=O)NCCc2ccccc2O)c1. The molecule has 11 heteroatoms. The van der Waals surface area contributed by atoms with E-state index in [-0.39, 0.29) is 23.4 Å². The first-order valence-corrected chi connectivity index (χ1v) is 10.9. The van der Waals surface area contributed by atoms with Crippen LogP contribution in [-0.4, -0.2) is 38.9 Å². The lowest BCUT2D eigenvalue weighted by atomic mass is 10.1. The van der Waals surface area contributed by atoms with Crippen molar-refractivity contribution in [2.45, 2.75) is 19.7 Å². The zero-order valence-electron chi connectivity index (χ0n) is 19.1. The Balaban J connectivity index is 1.41. The van der Waals surface area contributed by atoms with Crippen LogP contribution in [0.15, 0.2) is 67.0 Å². The van der Waals surface area contributed by atoms with Crippen LogP contribution in [0.3, 0.4) is 0 Å². The number of alkyl halides is 3. The van der Waals surface area contributed by atoms with Gasteiger partial charge in [0.15, 0.2) is 0 Å². The van der Waals surface area contributed by atoms with Crippen LogP contribution >= 0.6 is 0 Å². The third kappa shape index (κ3) is 6.32. The topological polar surface area (TPSA) is 112 Å². The Labute approximate surface area is 204 Å². The number of para-hydroxylation sites is 1. The zero-order valence-corrected chi connectivity index (χ0v) is 19.1. The lowest BCUT2D eigenvalue weighted by molar-refractivity contribution is -0.274. The lowest BCUT2D eigenvalue weighted by Crippen LogP contribution is -2.25. The van der Waals surface area contributed by atoms with Crippen LogP contribution in [0, 0.1) is 6.92 Å². The highest BCUT2D eigenvalue weighted by molar-refractivity contribution is 5.93. The Kier molecular flexibility index (Phi) is 7.09. The molecule has 0 unspecified atom stereocenters. The summed E-state index contributed by atoms with van der Waals surface area (Å²) in [5.74, 6) is -0.224. The number of H-pyrrole nitrogens is 1. The third-order valence-electron chi connectivity index (χ3n) is 5.19. The van der Waals surface area contributed by atoms with E-state index in [1.807, 2.05) is 13.0 Å². The minimum absolute atomic E-state index is 0.183. The number of halogens is 3. The van der Waals surface area contributed by atoms with Gasteiger partial charge in [0.05, 0.1) is 5.69 Å². The first-order chi connectivity index (χ1) is 17.2. The Morgan fingerprint density at radius 1 is 1.14 bits per heavy atom. The summed E-state index contributed by atoms with van der Waals surface area (Å²) in [6.07, 6.45) is -1.03. The summed E-state index contributed by atoms with van der Waals surface area (Å²) in [7, 11) is 0. The van der Waals surface area contributed by atoms with Crippen molar-refractivity contribution in [3.05, 3.63) is 83.8 Å². The average Bonchev–Trinajstić information content (AvgIpc) is 3.32. The normalized spacial score (nSPS) is 11.2. The van der Waals surface area contributed by atoms with Crippen LogP contribution in [0.1, 0.15) is 21.6 Å². The molecule has 2 aromatic heterocycles. The average molecular weight is 497 g/mol. The fourth-order valence-electron chi connectivity index (χ4n) is 3.45. The summed E-state index contributed by atoms with van der Waals surface area (Å²) in [5.41, 5.74) is 3.56. The predicted octanol–water partition coefficient (Wildman–Crippen LogP) is 5.10. The van der Waals surface area contributed by atoms with Crippen molar-refractivity contribution in [3.63, 3.8) is 0 Å². The van der Waals surface area contributed by atoms with Gasteiger partial charge in [0.1, 0.15) is 17.2 Å². The van der Waals surface area contributed by atoms with E-state index in [0.29, 0.717) is 35.6 Å². The number of phenolic OH excluding ortho intramolecular Hbond substituents is 1. The molecule has 2 heterocycles. The molecule has 186 valence electrons. The van der Waals surface area contributed by atoms with Gasteiger partial charge in [-0.05, 0) is 60.9 Å². The van der Waals surface area contributed by atoms with Gasteiger partial charge in [-0.3, -0.25) is 4.79 Å². The molecular formula is C25H22F3N5O3. The van der Waals surface area contributed by atoms with Crippen molar-refractivity contribution >= 4 is 17.5 Å². The minimum atomic E-state index is -4.76. The maximum absolute atomic E-state index is 12.5. The highest BCUT2D eigenvalue weighted by Gasteiger charge is 2.31. The van der Waals surface area contributed by atoms with Crippen LogP contribution < -0.4 is 15.4 Å². The fourth-order valence-corrected chi connectivity index (χ4v) is 3.45. The van der Waals surface area contributed by atoms with Crippen molar-refractivity contribution < 1.29 is 27.8 Å². The summed E-state index contributed by atoms with van der Waals surface area (Å²) in [4.78, 5) is 24.2. The molecule has 4 aromatic rings. The number of aromatic nitrogens is 3. The molecule has 0 fully saturated rings. The maximum Gasteiger partial charge on any atom is 0.573 e. The molecule has 8 nitrogen and oxygen atoms in total. The number of aryl methyl sites for hydroxylation is 1. The maximum atomic E-state index is 12.5. The number of carbonyl (C=O) groups excluding carboxylic acids is 1. The van der Waals surface area contributed by atoms with Crippen molar-refractivity contribution in [1.29, 1.82) is 0 Å². The van der Waals surface area contributed by atoms with Gasteiger partial charge in [0, 0.05) is 30.2 Å². The molecule has 0 spiro atoms. The molecule has 0 saturated carbocycles. The number of hydrogen-bond donors (Lipinski definition) is 4. The Hall–Kier alpha value is -4.54. The second-order valence-electron chi connectivity index (χ2n) is 7.86. The van der Waals surface area contributed by atoms with Gasteiger partial charge < -0.3 is 25.5 Å². The van der Waals surface area contributed by atoms with Crippen molar-refractivity contribution in [1.82, 2.24) is 20.3 Å². The number of aromatic hydroxyl groups is 1. The van der Waals surface area contributed by atoms with E-state index in [4.69, 9.17) is 0 Å². The number of nitrogens with zero attached hydrogens (tertiary/aromatic N) is 2. The highest BCUT2D eigenvalue weighted by atomic mass is 19.4. The van der Waals surface area contributed by atoms with E-state index in [1.54, 1.807) is 36.7 Å². The van der Waals surface area contributed by atoms with Crippen LogP contribution in [0.2, 0.25) is 0 Å². The largest absolute Gasteiger partial charge is 0.573 e. The van der Waals surface area contributed by atoms with Crippen molar-refractivity contribution in [3.8, 4) is 22.8 Å². The summed E-state index contributed by atoms with van der Waals surface area (Å²) in [6.45, 7) is 2.17. The van der Waals surface area contributed by atoms with Gasteiger partial charge >= 0.3 is 6.36 Å². The summed E-state index contributed by atoms with van der Waals surface area (Å²) in [6, 6.07) is 13.8. The number of phenols is 1. The number of rotatable bonds is 8. The molecule has 1 amide bonds. The standard InChI is InChI=1S/C25H22F3N5O3/c1-15-13-31-24(32-18-6-8-19(9-7-18)36-25(26,27)28)33-22(15)17-12-20(30-14-17)23(35)29-11-10-16-4-2-3-5-21(16)34/h2-9,12-14,30,34H,10-11H2,1H3,(H,29,35)(H,31,32,33). The third-order valence-corrected chi connectivity index (χ3v) is 5.19. The van der Waals surface area contributed by atoms with E-state index in [2.05, 4.69) is 30.3 Å². The zero-order chi connectivity index (χ0) is 25.7. The molecule has 0 bridgehead atoms. The van der Waals surface area contributed by atoms with Gasteiger partial charge in [-0.1, -0.05) is 18.2 Å². The molecule has 0 aliphatic heterocycles. The van der Waals surface area contributed by atoms with E-state index >= 15 is 0 Å². The monoisotopic (exact) mass is 497 g/mol. The fraction of sp³-hybridized carbons (Fsp3) is 0.160. The Bertz CT molecular complexity index is 1350. The number of anilines is 2. The molecule has 0 saturated heterocycles. The predicted molar refractivity (Wildman–Crippen MR) is 127 cm³/mol. The molecule has 2 aromatic carbocycles. The number of amides is 1. The lowest BCUT2D eigenvalue weighted by Gasteiger charge is -2.10. The highest BCUT2D eigenvalue weighted by Crippen LogP contribution is 2.26. The smallest absolute Gasteiger partial charge is 0.508 e. The van der Waals surface area contributed by atoms with E-state index in [9.17, 15) is 23.1 Å². The summed E-state index contributed by atoms with van der Waals surface area (Å²) < 4.78 is 40.9. The number of benzene rings is 2. The molecule has 0 atom stereocenters. The van der Waals surface area contributed by atoms with E-state index in [1.165, 1.54) is 24.3 Å². The van der Waals surface area contributed by atoms with Gasteiger partial charge in [-0.15, -0.1) is 13.2 Å². The molecule has 4 N–H and O–H groups in total. The number of hydrogen-bond acceptors (Lipinski definition) is 6. The van der Waals surface area contributed by atoms with Gasteiger partial charge in [-0.2, -0.15) is 0 Å². The van der Waals surface area contributed by atoms with Gasteiger partial charge in [0.25, 0.3) is 5.91 Å². The summed E-state index contributed by atoms with van der Waals surface area (Å²) in [5, 5.41) is 15.6. The molecule has 0 aliphatic carbocycles. The van der Waals surface area contributed by atoms with Crippen LogP contribution in [0.4, 0.5) is 24.8 Å². The van der Waals surface area contributed by atoms with E-state index in [0.717, 1.165) is 11.1 Å². The molecule has 36 heavy (non-hydrogen) atoms. The first kappa shape index (κ1) is 24.6. The second-order valence-corrected chi connectivity index (χ2v) is 7.86. The number of aromatic amines is 1. The minimum Gasteiger partial charge on any atom is -0.508 e.